The van der Waals surface area contributed by atoms with Gasteiger partial charge in [0.1, 0.15) is 0 Å². The Bertz CT molecular complexity index is 889. The van der Waals surface area contributed by atoms with E-state index in [0.717, 1.165) is 5.92 Å². The molecule has 1 aromatic heterocycles. The van der Waals surface area contributed by atoms with Crippen molar-refractivity contribution >= 4 is 5.91 Å². The number of carbonyl (C=O) groups excluding carboxylic acids is 1. The molecule has 1 heterocycles. The zero-order valence-corrected chi connectivity index (χ0v) is 18.8. The van der Waals surface area contributed by atoms with E-state index in [0.29, 0.717) is 5.56 Å². The smallest absolute Gasteiger partial charge is 0.422 e. The molecule has 0 spiro atoms. The van der Waals surface area contributed by atoms with E-state index in [9.17, 15) is 18.0 Å². The average molecular weight is 437 g/mol. The van der Waals surface area contributed by atoms with E-state index in [-0.39, 0.29) is 18.3 Å². The van der Waals surface area contributed by atoms with Crippen LogP contribution in [0.3, 0.4) is 0 Å². The van der Waals surface area contributed by atoms with Crippen LogP contribution in [0.4, 0.5) is 13.2 Å². The molecule has 1 aliphatic rings. The highest BCUT2D eigenvalue weighted by atomic mass is 19.4. The van der Waals surface area contributed by atoms with Gasteiger partial charge in [-0.25, -0.2) is 4.98 Å². The zero-order valence-electron chi connectivity index (χ0n) is 18.8. The van der Waals surface area contributed by atoms with Gasteiger partial charge in [0.2, 0.25) is 11.8 Å². The van der Waals surface area contributed by atoms with Crippen LogP contribution < -0.4 is 10.1 Å². The lowest BCUT2D eigenvalue weighted by atomic mass is 9.95. The van der Waals surface area contributed by atoms with Crippen molar-refractivity contribution in [2.24, 2.45) is 5.41 Å². The Balaban J connectivity index is 0.000000258. The quantitative estimate of drug-likeness (QED) is 0.666. The van der Waals surface area contributed by atoms with Crippen molar-refractivity contribution in [1.29, 1.82) is 0 Å². The Kier molecular flexibility index (Phi) is 8.09. The van der Waals surface area contributed by atoms with Crippen molar-refractivity contribution in [3.05, 3.63) is 58.8 Å². The molecular weight excluding hydrogens is 405 g/mol. The molecule has 31 heavy (non-hydrogen) atoms. The molecule has 0 bridgehead atoms. The van der Waals surface area contributed by atoms with E-state index >= 15 is 0 Å². The first-order valence-corrected chi connectivity index (χ1v) is 10.4. The maximum atomic E-state index is 12.0. The van der Waals surface area contributed by atoms with Gasteiger partial charge in [-0.15, -0.1) is 0 Å². The summed E-state index contributed by atoms with van der Waals surface area (Å²) in [6.45, 7) is 8.67. The minimum atomic E-state index is -4.40. The predicted molar refractivity (Wildman–Crippen MR) is 115 cm³/mol. The number of aryl methyl sites for hydroxylation is 1. The third-order valence-electron chi connectivity index (χ3n) is 5.12. The summed E-state index contributed by atoms with van der Waals surface area (Å²) < 4.78 is 40.6. The minimum Gasteiger partial charge on any atom is -0.468 e. The molecule has 3 rings (SSSR count). The van der Waals surface area contributed by atoms with Gasteiger partial charge in [-0.05, 0) is 54.0 Å². The van der Waals surface area contributed by atoms with Crippen LogP contribution in [0.25, 0.3) is 0 Å². The monoisotopic (exact) mass is 436 g/mol. The lowest BCUT2D eigenvalue weighted by Gasteiger charge is -2.17. The Labute approximate surface area is 182 Å². The first kappa shape index (κ1) is 24.7. The van der Waals surface area contributed by atoms with Gasteiger partial charge in [0.15, 0.2) is 6.61 Å². The molecule has 0 fully saturated rings. The SMILES string of the molecule is CC(C)(C)C(=O)NCc1ccnc(OCC(F)(F)F)c1.Cc1cccc2c1CC[C@@H]2C. The summed E-state index contributed by atoms with van der Waals surface area (Å²) in [5.74, 6) is 0.529. The molecule has 0 unspecified atom stereocenters. The molecule has 1 amide bonds. The number of aromatic nitrogens is 1. The van der Waals surface area contributed by atoms with E-state index < -0.39 is 18.2 Å². The fourth-order valence-corrected chi connectivity index (χ4v) is 3.29. The number of rotatable bonds is 4. The Morgan fingerprint density at radius 3 is 2.55 bits per heavy atom. The van der Waals surface area contributed by atoms with E-state index in [1.54, 1.807) is 38.0 Å². The third kappa shape index (κ3) is 7.89. The van der Waals surface area contributed by atoms with Gasteiger partial charge in [-0.1, -0.05) is 45.9 Å². The van der Waals surface area contributed by atoms with E-state index in [2.05, 4.69) is 47.1 Å². The van der Waals surface area contributed by atoms with Crippen LogP contribution in [0.5, 0.6) is 5.88 Å². The highest BCUT2D eigenvalue weighted by Gasteiger charge is 2.28. The predicted octanol–water partition coefficient (Wildman–Crippen LogP) is 5.73. The minimum absolute atomic E-state index is 0.121. The molecule has 2 aromatic rings. The van der Waals surface area contributed by atoms with Gasteiger partial charge >= 0.3 is 6.18 Å². The van der Waals surface area contributed by atoms with Crippen LogP contribution in [0, 0.1) is 12.3 Å². The van der Waals surface area contributed by atoms with Crippen molar-refractivity contribution in [2.45, 2.75) is 66.1 Å². The van der Waals surface area contributed by atoms with Crippen molar-refractivity contribution in [3.63, 3.8) is 0 Å². The van der Waals surface area contributed by atoms with Gasteiger partial charge in [0.05, 0.1) is 0 Å². The molecule has 1 aromatic carbocycles. The number of pyridine rings is 1. The average Bonchev–Trinajstić information content (AvgIpc) is 3.06. The highest BCUT2D eigenvalue weighted by molar-refractivity contribution is 5.81. The fourth-order valence-electron chi connectivity index (χ4n) is 3.29. The van der Waals surface area contributed by atoms with Gasteiger partial charge in [0.25, 0.3) is 0 Å². The number of nitrogens with zero attached hydrogens (tertiary/aromatic N) is 1. The lowest BCUT2D eigenvalue weighted by Crippen LogP contribution is -2.34. The number of amides is 1. The van der Waals surface area contributed by atoms with Crippen molar-refractivity contribution in [3.8, 4) is 5.88 Å². The molecule has 170 valence electrons. The molecule has 1 aliphatic carbocycles. The molecule has 1 N–H and O–H groups in total. The first-order chi connectivity index (χ1) is 14.4. The number of benzene rings is 1. The van der Waals surface area contributed by atoms with Crippen LogP contribution in [-0.4, -0.2) is 23.7 Å². The topological polar surface area (TPSA) is 51.2 Å². The second-order valence-electron chi connectivity index (χ2n) is 8.92. The third-order valence-corrected chi connectivity index (χ3v) is 5.12. The number of nitrogens with one attached hydrogen (secondary N) is 1. The number of hydrogen-bond donors (Lipinski definition) is 1. The second-order valence-corrected chi connectivity index (χ2v) is 8.92. The first-order valence-electron chi connectivity index (χ1n) is 10.4. The Hall–Kier alpha value is -2.57. The molecule has 0 aliphatic heterocycles. The van der Waals surface area contributed by atoms with E-state index in [1.807, 2.05) is 0 Å². The summed E-state index contributed by atoms with van der Waals surface area (Å²) in [4.78, 5) is 15.4. The number of hydrogen-bond acceptors (Lipinski definition) is 3. The normalized spacial score (nSPS) is 15.5. The van der Waals surface area contributed by atoms with Crippen LogP contribution >= 0.6 is 0 Å². The summed E-state index contributed by atoms with van der Waals surface area (Å²) in [5.41, 5.74) is 4.77. The molecule has 0 saturated heterocycles. The maximum absolute atomic E-state index is 12.0. The van der Waals surface area contributed by atoms with Gasteiger partial charge < -0.3 is 10.1 Å². The van der Waals surface area contributed by atoms with E-state index in [1.165, 1.54) is 30.7 Å². The fraction of sp³-hybridized carbons (Fsp3) is 0.500. The number of alkyl halides is 3. The van der Waals surface area contributed by atoms with Gasteiger partial charge in [-0.2, -0.15) is 13.2 Å². The van der Waals surface area contributed by atoms with Crippen molar-refractivity contribution < 1.29 is 22.7 Å². The second kappa shape index (κ2) is 10.2. The number of fused-ring (bicyclic) bond motifs is 1. The Morgan fingerprint density at radius 1 is 1.23 bits per heavy atom. The Morgan fingerprint density at radius 2 is 1.94 bits per heavy atom. The number of carbonyl (C=O) groups is 1. The molecule has 7 heteroatoms. The van der Waals surface area contributed by atoms with Gasteiger partial charge in [-0.3, -0.25) is 4.79 Å². The standard InChI is InChI=1S/C13H17F3N2O2.C11H14/c1-12(2,3)11(19)18-7-9-4-5-17-10(6-9)20-8-13(14,15)16;1-8-4-3-5-10-9(2)6-7-11(8)10/h4-6H,7-8H2,1-3H3,(H,18,19);3-5,9H,6-7H2,1-2H3/t;9-/m.0/s1. The lowest BCUT2D eigenvalue weighted by molar-refractivity contribution is -0.154. The maximum Gasteiger partial charge on any atom is 0.422 e. The summed E-state index contributed by atoms with van der Waals surface area (Å²) >= 11 is 0. The molecule has 1 atom stereocenters. The van der Waals surface area contributed by atoms with E-state index in [4.69, 9.17) is 0 Å². The van der Waals surface area contributed by atoms with Crippen molar-refractivity contribution in [2.75, 3.05) is 6.61 Å². The van der Waals surface area contributed by atoms with Crippen LogP contribution in [0.1, 0.15) is 62.3 Å². The number of ether oxygens (including phenoxy) is 1. The molecule has 0 radical (unpaired) electrons. The highest BCUT2D eigenvalue weighted by Crippen LogP contribution is 2.33. The summed E-state index contributed by atoms with van der Waals surface area (Å²) in [5, 5.41) is 2.69. The van der Waals surface area contributed by atoms with Crippen LogP contribution in [0.2, 0.25) is 0 Å². The largest absolute Gasteiger partial charge is 0.468 e. The molecular formula is C24H31F3N2O2. The summed E-state index contributed by atoms with van der Waals surface area (Å²) in [6, 6.07) is 9.64. The molecule has 0 saturated carbocycles. The van der Waals surface area contributed by atoms with Crippen LogP contribution in [-0.2, 0) is 17.8 Å². The van der Waals surface area contributed by atoms with Crippen LogP contribution in [0.15, 0.2) is 36.5 Å². The molecule has 4 nitrogen and oxygen atoms in total. The zero-order chi connectivity index (χ0) is 23.2. The summed E-state index contributed by atoms with van der Waals surface area (Å²) in [7, 11) is 0. The van der Waals surface area contributed by atoms with Gasteiger partial charge in [0, 0.05) is 24.2 Å². The van der Waals surface area contributed by atoms with Crippen molar-refractivity contribution in [1.82, 2.24) is 10.3 Å². The summed E-state index contributed by atoms with van der Waals surface area (Å²) in [6.07, 6.45) is -0.425. The number of halogens is 3.